The SMILES string of the molecule is CCC(C)(C)/C=C/CN. The van der Waals surface area contributed by atoms with Crippen LogP contribution in [0.1, 0.15) is 27.2 Å². The predicted molar refractivity (Wildman–Crippen MR) is 42.3 cm³/mol. The van der Waals surface area contributed by atoms with Crippen molar-refractivity contribution in [3.8, 4) is 0 Å². The molecule has 9 heavy (non-hydrogen) atoms. The lowest BCUT2D eigenvalue weighted by Gasteiger charge is -2.16. The molecule has 0 atom stereocenters. The summed E-state index contributed by atoms with van der Waals surface area (Å²) in [7, 11) is 0. The normalized spacial score (nSPS) is 12.9. The Hall–Kier alpha value is -0.300. The topological polar surface area (TPSA) is 26.0 Å². The minimum atomic E-state index is 0.333. The third-order valence-corrected chi connectivity index (χ3v) is 1.62. The van der Waals surface area contributed by atoms with E-state index >= 15 is 0 Å². The maximum absolute atomic E-state index is 5.30. The van der Waals surface area contributed by atoms with Crippen LogP contribution in [0, 0.1) is 5.41 Å². The van der Waals surface area contributed by atoms with Crippen LogP contribution in [0.2, 0.25) is 0 Å². The van der Waals surface area contributed by atoms with Gasteiger partial charge in [-0.1, -0.05) is 32.9 Å². The van der Waals surface area contributed by atoms with Crippen LogP contribution in [0.4, 0.5) is 0 Å². The molecular formula is C8H17N. The first-order valence-corrected chi connectivity index (χ1v) is 3.50. The van der Waals surface area contributed by atoms with Gasteiger partial charge in [0.25, 0.3) is 0 Å². The summed E-state index contributed by atoms with van der Waals surface area (Å²) < 4.78 is 0. The summed E-state index contributed by atoms with van der Waals surface area (Å²) in [6.07, 6.45) is 5.36. The zero-order chi connectivity index (χ0) is 7.33. The molecule has 0 heterocycles. The van der Waals surface area contributed by atoms with Gasteiger partial charge in [-0.15, -0.1) is 0 Å². The molecule has 0 saturated carbocycles. The fourth-order valence-electron chi connectivity index (χ4n) is 0.505. The molecule has 0 spiro atoms. The van der Waals surface area contributed by atoms with Crippen LogP contribution in [-0.4, -0.2) is 6.54 Å². The Morgan fingerprint density at radius 2 is 2.00 bits per heavy atom. The minimum Gasteiger partial charge on any atom is -0.327 e. The summed E-state index contributed by atoms with van der Waals surface area (Å²) >= 11 is 0. The summed E-state index contributed by atoms with van der Waals surface area (Å²) in [5, 5.41) is 0. The Morgan fingerprint density at radius 3 is 2.33 bits per heavy atom. The molecule has 0 radical (unpaired) electrons. The molecule has 0 fully saturated rings. The molecule has 0 aliphatic carbocycles. The number of rotatable bonds is 3. The highest BCUT2D eigenvalue weighted by molar-refractivity contribution is 4.94. The molecule has 0 bridgehead atoms. The van der Waals surface area contributed by atoms with Crippen LogP contribution >= 0.6 is 0 Å². The van der Waals surface area contributed by atoms with E-state index in [-0.39, 0.29) is 0 Å². The molecule has 0 aliphatic rings. The molecule has 1 heteroatoms. The maximum Gasteiger partial charge on any atom is 0.0107 e. The van der Waals surface area contributed by atoms with Crippen molar-refractivity contribution in [1.29, 1.82) is 0 Å². The molecule has 0 aromatic rings. The van der Waals surface area contributed by atoms with Crippen LogP contribution in [0.3, 0.4) is 0 Å². The van der Waals surface area contributed by atoms with Crippen molar-refractivity contribution in [3.63, 3.8) is 0 Å². The van der Waals surface area contributed by atoms with Gasteiger partial charge in [0.2, 0.25) is 0 Å². The van der Waals surface area contributed by atoms with E-state index in [4.69, 9.17) is 5.73 Å². The Balaban J connectivity index is 3.70. The van der Waals surface area contributed by atoms with E-state index in [0.717, 1.165) is 0 Å². The molecule has 0 unspecified atom stereocenters. The summed E-state index contributed by atoms with van der Waals surface area (Å²) in [6, 6.07) is 0. The Bertz CT molecular complexity index is 92.7. The summed E-state index contributed by atoms with van der Waals surface area (Å²) in [5.74, 6) is 0. The van der Waals surface area contributed by atoms with Gasteiger partial charge in [0, 0.05) is 6.54 Å². The lowest BCUT2D eigenvalue weighted by atomic mass is 9.90. The zero-order valence-electron chi connectivity index (χ0n) is 6.65. The number of allylic oxidation sites excluding steroid dienone is 1. The Morgan fingerprint density at radius 1 is 1.44 bits per heavy atom. The second-order valence-corrected chi connectivity index (χ2v) is 2.98. The molecule has 0 aromatic heterocycles. The second-order valence-electron chi connectivity index (χ2n) is 2.98. The van der Waals surface area contributed by atoms with Gasteiger partial charge in [-0.25, -0.2) is 0 Å². The average molecular weight is 127 g/mol. The summed E-state index contributed by atoms with van der Waals surface area (Å²) in [4.78, 5) is 0. The largest absolute Gasteiger partial charge is 0.327 e. The Kier molecular flexibility index (Phi) is 3.55. The molecule has 54 valence electrons. The standard InChI is InChI=1S/C8H17N/c1-4-8(2,3)6-5-7-9/h5-6H,4,7,9H2,1-3H3/b6-5+. The summed E-state index contributed by atoms with van der Waals surface area (Å²) in [6.45, 7) is 7.25. The van der Waals surface area contributed by atoms with E-state index in [1.54, 1.807) is 0 Å². The smallest absolute Gasteiger partial charge is 0.0107 e. The van der Waals surface area contributed by atoms with E-state index in [2.05, 4.69) is 26.8 Å². The van der Waals surface area contributed by atoms with E-state index < -0.39 is 0 Å². The van der Waals surface area contributed by atoms with E-state index in [1.165, 1.54) is 6.42 Å². The number of hydrogen-bond donors (Lipinski definition) is 1. The van der Waals surface area contributed by atoms with Gasteiger partial charge in [0.15, 0.2) is 0 Å². The molecule has 0 rings (SSSR count). The van der Waals surface area contributed by atoms with Gasteiger partial charge in [-0.3, -0.25) is 0 Å². The monoisotopic (exact) mass is 127 g/mol. The Labute approximate surface area is 57.9 Å². The van der Waals surface area contributed by atoms with E-state index in [1.807, 2.05) is 6.08 Å². The highest BCUT2D eigenvalue weighted by atomic mass is 14.5. The maximum atomic E-state index is 5.30. The molecular weight excluding hydrogens is 110 g/mol. The van der Waals surface area contributed by atoms with Crippen molar-refractivity contribution < 1.29 is 0 Å². The third kappa shape index (κ3) is 4.22. The molecule has 0 aromatic carbocycles. The molecule has 1 nitrogen and oxygen atoms in total. The van der Waals surface area contributed by atoms with Crippen molar-refractivity contribution >= 4 is 0 Å². The molecule has 2 N–H and O–H groups in total. The zero-order valence-corrected chi connectivity index (χ0v) is 6.65. The first-order chi connectivity index (χ1) is 4.12. The quantitative estimate of drug-likeness (QED) is 0.576. The first kappa shape index (κ1) is 8.70. The fraction of sp³-hybridized carbons (Fsp3) is 0.750. The van der Waals surface area contributed by atoms with E-state index in [0.29, 0.717) is 12.0 Å². The van der Waals surface area contributed by atoms with Crippen LogP contribution in [-0.2, 0) is 0 Å². The van der Waals surface area contributed by atoms with Crippen LogP contribution < -0.4 is 5.73 Å². The van der Waals surface area contributed by atoms with Gasteiger partial charge >= 0.3 is 0 Å². The highest BCUT2D eigenvalue weighted by Crippen LogP contribution is 2.20. The highest BCUT2D eigenvalue weighted by Gasteiger charge is 2.08. The minimum absolute atomic E-state index is 0.333. The summed E-state index contributed by atoms with van der Waals surface area (Å²) in [5.41, 5.74) is 5.64. The van der Waals surface area contributed by atoms with Crippen molar-refractivity contribution in [1.82, 2.24) is 0 Å². The van der Waals surface area contributed by atoms with E-state index in [9.17, 15) is 0 Å². The van der Waals surface area contributed by atoms with Crippen molar-refractivity contribution in [2.75, 3.05) is 6.54 Å². The van der Waals surface area contributed by atoms with Crippen LogP contribution in [0.25, 0.3) is 0 Å². The molecule has 0 aliphatic heterocycles. The predicted octanol–water partition coefficient (Wildman–Crippen LogP) is 1.94. The molecule has 0 saturated heterocycles. The average Bonchev–Trinajstić information content (AvgIpc) is 1.84. The van der Waals surface area contributed by atoms with Gasteiger partial charge in [0.05, 0.1) is 0 Å². The van der Waals surface area contributed by atoms with Gasteiger partial charge in [0.1, 0.15) is 0 Å². The third-order valence-electron chi connectivity index (χ3n) is 1.62. The van der Waals surface area contributed by atoms with Crippen LogP contribution in [0.5, 0.6) is 0 Å². The van der Waals surface area contributed by atoms with Crippen molar-refractivity contribution in [3.05, 3.63) is 12.2 Å². The second kappa shape index (κ2) is 3.67. The van der Waals surface area contributed by atoms with Gasteiger partial charge in [-0.2, -0.15) is 0 Å². The lowest BCUT2D eigenvalue weighted by Crippen LogP contribution is -2.05. The van der Waals surface area contributed by atoms with Crippen LogP contribution in [0.15, 0.2) is 12.2 Å². The first-order valence-electron chi connectivity index (χ1n) is 3.50. The fourth-order valence-corrected chi connectivity index (χ4v) is 0.505. The number of nitrogens with two attached hydrogens (primary N) is 1. The lowest BCUT2D eigenvalue weighted by molar-refractivity contribution is 0.461. The van der Waals surface area contributed by atoms with Crippen molar-refractivity contribution in [2.45, 2.75) is 27.2 Å². The van der Waals surface area contributed by atoms with Gasteiger partial charge in [-0.05, 0) is 11.8 Å². The molecule has 0 amide bonds. The van der Waals surface area contributed by atoms with Crippen molar-refractivity contribution in [2.24, 2.45) is 11.1 Å². The number of hydrogen-bond acceptors (Lipinski definition) is 1. The van der Waals surface area contributed by atoms with Gasteiger partial charge < -0.3 is 5.73 Å².